The fourth-order valence-corrected chi connectivity index (χ4v) is 3.24. The van der Waals surface area contributed by atoms with Gasteiger partial charge in [-0.05, 0) is 38.6 Å². The molecule has 1 unspecified atom stereocenters. The molecule has 0 saturated carbocycles. The van der Waals surface area contributed by atoms with Crippen molar-refractivity contribution in [2.24, 2.45) is 5.92 Å². The zero-order valence-electron chi connectivity index (χ0n) is 12.6. The molecule has 2 aliphatic rings. The Kier molecular flexibility index (Phi) is 4.34. The molecule has 1 amide bonds. The van der Waals surface area contributed by atoms with E-state index < -0.39 is 0 Å². The van der Waals surface area contributed by atoms with Crippen molar-refractivity contribution in [1.82, 2.24) is 20.0 Å². The summed E-state index contributed by atoms with van der Waals surface area (Å²) in [6, 6.07) is 3.87. The zero-order chi connectivity index (χ0) is 14.7. The van der Waals surface area contributed by atoms with Crippen LogP contribution in [0.15, 0.2) is 18.3 Å². The summed E-state index contributed by atoms with van der Waals surface area (Å²) in [5.74, 6) is 1.43. The molecule has 1 atom stereocenters. The molecular weight excluding hydrogens is 266 g/mol. The lowest BCUT2D eigenvalue weighted by molar-refractivity contribution is -0.137. The van der Waals surface area contributed by atoms with Gasteiger partial charge in [0.05, 0.1) is 5.92 Å². The molecule has 0 bridgehead atoms. The molecule has 114 valence electrons. The summed E-state index contributed by atoms with van der Waals surface area (Å²) in [7, 11) is 2.10. The van der Waals surface area contributed by atoms with E-state index in [1.807, 2.05) is 17.0 Å². The van der Waals surface area contributed by atoms with Crippen LogP contribution < -0.4 is 4.90 Å². The van der Waals surface area contributed by atoms with Crippen LogP contribution in [0.1, 0.15) is 12.8 Å². The number of carbonyl (C=O) groups excluding carboxylic acids is 1. The second-order valence-electron chi connectivity index (χ2n) is 6.00. The third-order valence-corrected chi connectivity index (χ3v) is 4.45. The first-order chi connectivity index (χ1) is 10.2. The van der Waals surface area contributed by atoms with Crippen molar-refractivity contribution in [3.63, 3.8) is 0 Å². The Morgan fingerprint density at radius 3 is 2.71 bits per heavy atom. The van der Waals surface area contributed by atoms with Crippen LogP contribution in [0.2, 0.25) is 0 Å². The lowest BCUT2D eigenvalue weighted by atomic mass is 9.96. The smallest absolute Gasteiger partial charge is 0.227 e. The molecule has 21 heavy (non-hydrogen) atoms. The topological polar surface area (TPSA) is 52.6 Å². The Morgan fingerprint density at radius 1 is 1.24 bits per heavy atom. The third kappa shape index (κ3) is 3.32. The van der Waals surface area contributed by atoms with Gasteiger partial charge in [0, 0.05) is 38.9 Å². The highest BCUT2D eigenvalue weighted by atomic mass is 16.2. The van der Waals surface area contributed by atoms with Crippen LogP contribution in [-0.4, -0.2) is 72.2 Å². The number of piperidine rings is 1. The number of rotatable bonds is 2. The lowest BCUT2D eigenvalue weighted by Crippen LogP contribution is -2.52. The summed E-state index contributed by atoms with van der Waals surface area (Å²) in [6.45, 7) is 5.28. The predicted octanol–water partition coefficient (Wildman–Crippen LogP) is 0.467. The van der Waals surface area contributed by atoms with Gasteiger partial charge in [-0.1, -0.05) is 0 Å². The first-order valence-electron chi connectivity index (χ1n) is 7.74. The summed E-state index contributed by atoms with van der Waals surface area (Å²) in [5.41, 5.74) is 0. The fourth-order valence-electron chi connectivity index (χ4n) is 3.24. The number of anilines is 1. The molecule has 2 aliphatic heterocycles. The molecule has 2 fully saturated rings. The van der Waals surface area contributed by atoms with E-state index in [4.69, 9.17) is 0 Å². The van der Waals surface area contributed by atoms with E-state index in [2.05, 4.69) is 27.0 Å². The number of piperazine rings is 1. The van der Waals surface area contributed by atoms with Gasteiger partial charge < -0.3 is 14.7 Å². The number of aromatic nitrogens is 2. The van der Waals surface area contributed by atoms with E-state index in [-0.39, 0.29) is 5.92 Å². The van der Waals surface area contributed by atoms with Gasteiger partial charge in [-0.2, -0.15) is 5.10 Å². The summed E-state index contributed by atoms with van der Waals surface area (Å²) < 4.78 is 0. The highest BCUT2D eigenvalue weighted by molar-refractivity contribution is 5.79. The molecule has 3 heterocycles. The number of likely N-dealkylation sites (tertiary alicyclic amines) is 1. The molecule has 6 heteroatoms. The Bertz CT molecular complexity index is 472. The van der Waals surface area contributed by atoms with Crippen molar-refractivity contribution >= 4 is 11.7 Å². The second kappa shape index (κ2) is 6.39. The van der Waals surface area contributed by atoms with Gasteiger partial charge in [-0.3, -0.25) is 4.79 Å². The summed E-state index contributed by atoms with van der Waals surface area (Å²) in [6.07, 6.45) is 3.85. The molecule has 0 spiro atoms. The largest absolute Gasteiger partial charge is 0.352 e. The third-order valence-electron chi connectivity index (χ3n) is 4.45. The number of nitrogens with zero attached hydrogens (tertiary/aromatic N) is 5. The van der Waals surface area contributed by atoms with E-state index in [0.29, 0.717) is 5.91 Å². The molecule has 0 aromatic carbocycles. The van der Waals surface area contributed by atoms with Gasteiger partial charge in [-0.25, -0.2) is 0 Å². The number of hydrogen-bond acceptors (Lipinski definition) is 5. The Labute approximate surface area is 125 Å². The maximum Gasteiger partial charge on any atom is 0.227 e. The molecule has 1 aromatic heterocycles. The van der Waals surface area contributed by atoms with Crippen molar-refractivity contribution in [3.05, 3.63) is 18.3 Å². The van der Waals surface area contributed by atoms with Crippen LogP contribution >= 0.6 is 0 Å². The Hall–Kier alpha value is -1.69. The highest BCUT2D eigenvalue weighted by Gasteiger charge is 2.30. The maximum atomic E-state index is 12.6. The molecule has 0 N–H and O–H groups in total. The van der Waals surface area contributed by atoms with Gasteiger partial charge in [0.15, 0.2) is 5.82 Å². The minimum Gasteiger partial charge on any atom is -0.352 e. The zero-order valence-corrected chi connectivity index (χ0v) is 12.6. The van der Waals surface area contributed by atoms with Crippen LogP contribution in [0, 0.1) is 5.92 Å². The van der Waals surface area contributed by atoms with Gasteiger partial charge >= 0.3 is 0 Å². The summed E-state index contributed by atoms with van der Waals surface area (Å²) >= 11 is 0. The molecule has 1 aromatic rings. The molecule has 2 saturated heterocycles. The number of amides is 1. The Morgan fingerprint density at radius 2 is 2.05 bits per heavy atom. The normalized spacial score (nSPS) is 24.1. The minimum absolute atomic E-state index is 0.187. The fraction of sp³-hybridized carbons (Fsp3) is 0.667. The van der Waals surface area contributed by atoms with E-state index in [0.717, 1.165) is 57.9 Å². The minimum atomic E-state index is 0.187. The SMILES string of the molecule is CN1CCCC(C(=O)N2CCN(c3cccnn3)CC2)C1. The quantitative estimate of drug-likeness (QED) is 0.792. The van der Waals surface area contributed by atoms with Crippen molar-refractivity contribution < 1.29 is 4.79 Å². The highest BCUT2D eigenvalue weighted by Crippen LogP contribution is 2.19. The molecule has 6 nitrogen and oxygen atoms in total. The van der Waals surface area contributed by atoms with E-state index >= 15 is 0 Å². The van der Waals surface area contributed by atoms with E-state index in [1.54, 1.807) is 6.20 Å². The van der Waals surface area contributed by atoms with Crippen molar-refractivity contribution in [2.75, 3.05) is 51.2 Å². The Balaban J connectivity index is 1.54. The molecule has 0 aliphatic carbocycles. The van der Waals surface area contributed by atoms with Crippen LogP contribution in [0.25, 0.3) is 0 Å². The van der Waals surface area contributed by atoms with Gasteiger partial charge in [0.2, 0.25) is 5.91 Å². The van der Waals surface area contributed by atoms with Gasteiger partial charge in [-0.15, -0.1) is 5.10 Å². The molecular formula is C15H23N5O. The van der Waals surface area contributed by atoms with Gasteiger partial charge in [0.1, 0.15) is 0 Å². The van der Waals surface area contributed by atoms with Crippen LogP contribution in [0.3, 0.4) is 0 Å². The first-order valence-corrected chi connectivity index (χ1v) is 7.74. The van der Waals surface area contributed by atoms with Crippen molar-refractivity contribution in [3.8, 4) is 0 Å². The average Bonchev–Trinajstić information content (AvgIpc) is 2.55. The van der Waals surface area contributed by atoms with E-state index in [1.165, 1.54) is 0 Å². The van der Waals surface area contributed by atoms with E-state index in [9.17, 15) is 4.79 Å². The number of carbonyl (C=O) groups is 1. The first kappa shape index (κ1) is 14.3. The second-order valence-corrected chi connectivity index (χ2v) is 6.00. The van der Waals surface area contributed by atoms with Crippen molar-refractivity contribution in [1.29, 1.82) is 0 Å². The maximum absolute atomic E-state index is 12.6. The van der Waals surface area contributed by atoms with Crippen LogP contribution in [0.4, 0.5) is 5.82 Å². The van der Waals surface area contributed by atoms with Crippen LogP contribution in [-0.2, 0) is 4.79 Å². The number of hydrogen-bond donors (Lipinski definition) is 0. The van der Waals surface area contributed by atoms with Crippen LogP contribution in [0.5, 0.6) is 0 Å². The standard InChI is InChI=1S/C15H23N5O/c1-18-7-3-4-13(12-18)15(21)20-10-8-19(9-11-20)14-5-2-6-16-17-14/h2,5-6,13H,3-4,7-12H2,1H3. The monoisotopic (exact) mass is 289 g/mol. The summed E-state index contributed by atoms with van der Waals surface area (Å²) in [5, 5.41) is 8.06. The molecule has 3 rings (SSSR count). The van der Waals surface area contributed by atoms with Gasteiger partial charge in [0.25, 0.3) is 0 Å². The predicted molar refractivity (Wildman–Crippen MR) is 81.0 cm³/mol. The molecule has 0 radical (unpaired) electrons. The summed E-state index contributed by atoms with van der Waals surface area (Å²) in [4.78, 5) is 19.1. The van der Waals surface area contributed by atoms with Crippen molar-refractivity contribution in [2.45, 2.75) is 12.8 Å². The average molecular weight is 289 g/mol. The lowest BCUT2D eigenvalue weighted by Gasteiger charge is -2.38.